The van der Waals surface area contributed by atoms with Crippen LogP contribution in [0.15, 0.2) is 42.5 Å². The molecule has 4 amide bonds. The van der Waals surface area contributed by atoms with Gasteiger partial charge in [0, 0.05) is 0 Å². The zero-order valence-electron chi connectivity index (χ0n) is 14.7. The van der Waals surface area contributed by atoms with Crippen LogP contribution in [0.1, 0.15) is 18.1 Å². The van der Waals surface area contributed by atoms with E-state index in [2.05, 4.69) is 10.6 Å². The molecule has 1 saturated heterocycles. The number of nitrogens with zero attached hydrogens (tertiary/aromatic N) is 1. The second kappa shape index (κ2) is 7.21. The van der Waals surface area contributed by atoms with E-state index < -0.39 is 29.9 Å². The van der Waals surface area contributed by atoms with Gasteiger partial charge in [-0.25, -0.2) is 4.79 Å². The first-order valence-electron chi connectivity index (χ1n) is 8.18. The van der Waals surface area contributed by atoms with Crippen LogP contribution in [-0.2, 0) is 15.1 Å². The van der Waals surface area contributed by atoms with E-state index in [-0.39, 0.29) is 10.7 Å². The minimum atomic E-state index is -1.22. The van der Waals surface area contributed by atoms with Gasteiger partial charge in [0.15, 0.2) is 0 Å². The van der Waals surface area contributed by atoms with Gasteiger partial charge in [-0.15, -0.1) is 0 Å². The molecule has 1 heterocycles. The second-order valence-corrected chi connectivity index (χ2v) is 7.20. The summed E-state index contributed by atoms with van der Waals surface area (Å²) in [6.45, 7) is 2.93. The van der Waals surface area contributed by atoms with Crippen molar-refractivity contribution in [1.82, 2.24) is 10.2 Å². The van der Waals surface area contributed by atoms with Crippen molar-refractivity contribution in [3.05, 3.63) is 63.6 Å². The second-order valence-electron chi connectivity index (χ2n) is 6.41. The van der Waals surface area contributed by atoms with Gasteiger partial charge in [0.25, 0.3) is 5.91 Å². The maximum atomic E-state index is 12.8. The molecule has 0 radical (unpaired) electrons. The topological polar surface area (TPSA) is 78.5 Å². The number of hydrogen-bond acceptors (Lipinski definition) is 3. The minimum Gasteiger partial charge on any atom is -0.322 e. The van der Waals surface area contributed by atoms with Crippen LogP contribution in [0, 0.1) is 6.92 Å². The maximum Gasteiger partial charge on any atom is 0.325 e. The number of hydrogen-bond donors (Lipinski definition) is 2. The van der Waals surface area contributed by atoms with Crippen LogP contribution in [0.3, 0.4) is 0 Å². The number of benzene rings is 2. The number of carbonyl (C=O) groups is 3. The normalized spacial score (nSPS) is 19.2. The Hall–Kier alpha value is -2.57. The molecule has 3 rings (SSSR count). The lowest BCUT2D eigenvalue weighted by Crippen LogP contribution is -2.42. The molecule has 6 nitrogen and oxygen atoms in total. The number of amides is 4. The Balaban J connectivity index is 1.78. The van der Waals surface area contributed by atoms with Gasteiger partial charge in [0.05, 0.1) is 15.7 Å². The molecule has 0 aromatic heterocycles. The summed E-state index contributed by atoms with van der Waals surface area (Å²) in [5, 5.41) is 5.81. The van der Waals surface area contributed by atoms with Crippen molar-refractivity contribution >= 4 is 46.7 Å². The Kier molecular flexibility index (Phi) is 5.13. The summed E-state index contributed by atoms with van der Waals surface area (Å²) < 4.78 is 0. The van der Waals surface area contributed by atoms with Gasteiger partial charge in [-0.05, 0) is 31.0 Å². The fourth-order valence-electron chi connectivity index (χ4n) is 2.90. The zero-order chi connectivity index (χ0) is 19.8. The molecule has 2 aromatic rings. The van der Waals surface area contributed by atoms with Crippen LogP contribution in [0.5, 0.6) is 0 Å². The molecule has 0 bridgehead atoms. The van der Waals surface area contributed by atoms with Crippen molar-refractivity contribution in [3.8, 4) is 0 Å². The Morgan fingerprint density at radius 2 is 1.81 bits per heavy atom. The third kappa shape index (κ3) is 3.50. The highest BCUT2D eigenvalue weighted by Gasteiger charge is 2.49. The van der Waals surface area contributed by atoms with Gasteiger partial charge < -0.3 is 10.6 Å². The van der Waals surface area contributed by atoms with Crippen molar-refractivity contribution in [3.63, 3.8) is 0 Å². The highest BCUT2D eigenvalue weighted by molar-refractivity contribution is 6.40. The molecular weight excluding hydrogens is 389 g/mol. The van der Waals surface area contributed by atoms with E-state index in [4.69, 9.17) is 23.2 Å². The Morgan fingerprint density at radius 3 is 2.48 bits per heavy atom. The fraction of sp³-hybridized carbons (Fsp3) is 0.211. The van der Waals surface area contributed by atoms with E-state index in [0.29, 0.717) is 10.6 Å². The van der Waals surface area contributed by atoms with Crippen LogP contribution >= 0.6 is 23.2 Å². The summed E-state index contributed by atoms with van der Waals surface area (Å²) in [5.41, 5.74) is 0.400. The third-order valence-corrected chi connectivity index (χ3v) is 5.28. The van der Waals surface area contributed by atoms with Crippen molar-refractivity contribution in [2.24, 2.45) is 0 Å². The third-order valence-electron chi connectivity index (χ3n) is 4.48. The maximum absolute atomic E-state index is 12.8. The Labute approximate surface area is 166 Å². The molecule has 0 spiro atoms. The summed E-state index contributed by atoms with van der Waals surface area (Å²) in [7, 11) is 0. The average molecular weight is 406 g/mol. The van der Waals surface area contributed by atoms with E-state index in [1.165, 1.54) is 0 Å². The van der Waals surface area contributed by atoms with Gasteiger partial charge in [-0.3, -0.25) is 14.5 Å². The molecule has 2 aromatic carbocycles. The van der Waals surface area contributed by atoms with E-state index in [1.807, 2.05) is 6.07 Å². The highest BCUT2D eigenvalue weighted by Crippen LogP contribution is 2.33. The molecule has 0 unspecified atom stereocenters. The van der Waals surface area contributed by atoms with Crippen LogP contribution in [0.2, 0.25) is 10.0 Å². The zero-order valence-corrected chi connectivity index (χ0v) is 16.2. The summed E-state index contributed by atoms with van der Waals surface area (Å²) in [6, 6.07) is 11.6. The van der Waals surface area contributed by atoms with Crippen LogP contribution in [0.4, 0.5) is 10.5 Å². The monoisotopic (exact) mass is 405 g/mol. The average Bonchev–Trinajstić information content (AvgIpc) is 2.87. The summed E-state index contributed by atoms with van der Waals surface area (Å²) >= 11 is 12.3. The first-order valence-corrected chi connectivity index (χ1v) is 8.93. The Morgan fingerprint density at radius 1 is 1.15 bits per heavy atom. The molecule has 8 heteroatoms. The van der Waals surface area contributed by atoms with Crippen LogP contribution < -0.4 is 10.6 Å². The number of rotatable bonds is 4. The van der Waals surface area contributed by atoms with Crippen LogP contribution in [-0.4, -0.2) is 29.3 Å². The fourth-order valence-corrected chi connectivity index (χ4v) is 3.37. The largest absolute Gasteiger partial charge is 0.325 e. The van der Waals surface area contributed by atoms with Crippen molar-refractivity contribution in [2.75, 3.05) is 11.9 Å². The van der Waals surface area contributed by atoms with Gasteiger partial charge in [0.1, 0.15) is 12.1 Å². The number of nitrogens with one attached hydrogen (secondary N) is 2. The molecule has 1 aliphatic heterocycles. The van der Waals surface area contributed by atoms with Gasteiger partial charge >= 0.3 is 6.03 Å². The van der Waals surface area contributed by atoms with E-state index in [0.717, 1.165) is 10.5 Å². The van der Waals surface area contributed by atoms with Crippen LogP contribution in [0.25, 0.3) is 0 Å². The summed E-state index contributed by atoms with van der Waals surface area (Å²) in [4.78, 5) is 38.4. The summed E-state index contributed by atoms with van der Waals surface area (Å²) in [6.07, 6.45) is 0. The molecule has 0 saturated carbocycles. The number of urea groups is 1. The van der Waals surface area contributed by atoms with Crippen molar-refractivity contribution in [1.29, 1.82) is 0 Å². The van der Waals surface area contributed by atoms with Crippen molar-refractivity contribution in [2.45, 2.75) is 19.4 Å². The lowest BCUT2D eigenvalue weighted by molar-refractivity contribution is -0.133. The molecule has 1 aliphatic rings. The quantitative estimate of drug-likeness (QED) is 0.760. The lowest BCUT2D eigenvalue weighted by atomic mass is 9.92. The number of halogens is 2. The van der Waals surface area contributed by atoms with Gasteiger partial charge in [0.2, 0.25) is 5.91 Å². The SMILES string of the molecule is Cc1ccc(Cl)c(NC(=O)CN2C(=O)N[C@@](C)(c3ccccc3)C2=O)c1Cl. The number of aryl methyl sites for hydroxylation is 1. The number of anilines is 1. The summed E-state index contributed by atoms with van der Waals surface area (Å²) in [5.74, 6) is -1.08. The predicted octanol–water partition coefficient (Wildman–Crippen LogP) is 3.71. The first-order chi connectivity index (χ1) is 12.7. The van der Waals surface area contributed by atoms with E-state index in [9.17, 15) is 14.4 Å². The van der Waals surface area contributed by atoms with Gasteiger partial charge in [-0.1, -0.05) is 59.6 Å². The molecule has 27 heavy (non-hydrogen) atoms. The predicted molar refractivity (Wildman–Crippen MR) is 104 cm³/mol. The van der Waals surface area contributed by atoms with E-state index in [1.54, 1.807) is 50.2 Å². The van der Waals surface area contributed by atoms with Gasteiger partial charge in [-0.2, -0.15) is 0 Å². The van der Waals surface area contributed by atoms with Crippen molar-refractivity contribution < 1.29 is 14.4 Å². The standard InChI is InChI=1S/C19H17Cl2N3O3/c1-11-8-9-13(20)16(15(11)21)22-14(25)10-24-17(26)19(2,23-18(24)27)12-6-4-3-5-7-12/h3-9H,10H2,1-2H3,(H,22,25)(H,23,27)/t19-/m0/s1. The number of carbonyl (C=O) groups excluding carboxylic acids is 3. The molecule has 2 N–H and O–H groups in total. The smallest absolute Gasteiger partial charge is 0.322 e. The molecule has 1 atom stereocenters. The number of imide groups is 1. The molecular formula is C19H17Cl2N3O3. The first kappa shape index (κ1) is 19.2. The highest BCUT2D eigenvalue weighted by atomic mass is 35.5. The Bertz CT molecular complexity index is 933. The minimum absolute atomic E-state index is 0.251. The van der Waals surface area contributed by atoms with E-state index >= 15 is 0 Å². The lowest BCUT2D eigenvalue weighted by Gasteiger charge is -2.22. The molecule has 0 aliphatic carbocycles. The molecule has 1 fully saturated rings. The molecule has 140 valence electrons.